The van der Waals surface area contributed by atoms with Crippen molar-refractivity contribution in [2.24, 2.45) is 0 Å². The molecule has 1 aliphatic rings. The van der Waals surface area contributed by atoms with Crippen LogP contribution < -0.4 is 10.2 Å². The van der Waals surface area contributed by atoms with Crippen LogP contribution in [0, 0.1) is 0 Å². The van der Waals surface area contributed by atoms with Gasteiger partial charge in [-0.25, -0.2) is 0 Å². The first-order chi connectivity index (χ1) is 8.65. The van der Waals surface area contributed by atoms with Gasteiger partial charge in [-0.15, -0.1) is 0 Å². The van der Waals surface area contributed by atoms with Gasteiger partial charge in [0.15, 0.2) is 0 Å². The Balaban J connectivity index is 1.83. The molecule has 0 saturated carbocycles. The molecule has 0 amide bonds. The lowest BCUT2D eigenvalue weighted by molar-refractivity contribution is -0.136. The summed E-state index contributed by atoms with van der Waals surface area (Å²) in [5.41, 5.74) is 1.13. The van der Waals surface area contributed by atoms with Crippen molar-refractivity contribution < 1.29 is 9.90 Å². The van der Waals surface area contributed by atoms with E-state index in [0.717, 1.165) is 30.2 Å². The molecule has 5 heteroatoms. The molecule has 0 radical (unpaired) electrons. The predicted octanol–water partition coefficient (Wildman–Crippen LogP) is 1.98. The number of hydrogen-bond acceptors (Lipinski definition) is 3. The van der Waals surface area contributed by atoms with E-state index < -0.39 is 5.97 Å². The number of anilines is 1. The van der Waals surface area contributed by atoms with Crippen LogP contribution >= 0.6 is 11.6 Å². The molecule has 0 spiro atoms. The van der Waals surface area contributed by atoms with Gasteiger partial charge in [0, 0.05) is 36.4 Å². The fourth-order valence-corrected chi connectivity index (χ4v) is 2.40. The van der Waals surface area contributed by atoms with Crippen molar-refractivity contribution in [1.29, 1.82) is 0 Å². The molecule has 1 aliphatic heterocycles. The summed E-state index contributed by atoms with van der Waals surface area (Å²) in [6, 6.07) is 8.18. The highest BCUT2D eigenvalue weighted by atomic mass is 35.5. The largest absolute Gasteiger partial charge is 0.481 e. The average Bonchev–Trinajstić information content (AvgIpc) is 2.77. The summed E-state index contributed by atoms with van der Waals surface area (Å²) in [4.78, 5) is 12.7. The molecule has 4 nitrogen and oxygen atoms in total. The van der Waals surface area contributed by atoms with Crippen LogP contribution in [0.5, 0.6) is 0 Å². The number of carbonyl (C=O) groups is 1. The molecule has 1 heterocycles. The van der Waals surface area contributed by atoms with E-state index in [0.29, 0.717) is 12.6 Å². The summed E-state index contributed by atoms with van der Waals surface area (Å²) >= 11 is 5.97. The van der Waals surface area contributed by atoms with Crippen molar-refractivity contribution in [1.82, 2.24) is 5.32 Å². The zero-order valence-corrected chi connectivity index (χ0v) is 10.9. The van der Waals surface area contributed by atoms with E-state index in [2.05, 4.69) is 10.2 Å². The van der Waals surface area contributed by atoms with Gasteiger partial charge in [0.05, 0.1) is 6.42 Å². The normalized spacial score (nSPS) is 19.2. The number of carboxylic acid groups (broad SMARTS) is 1. The molecular formula is C13H17ClN2O2. The van der Waals surface area contributed by atoms with E-state index in [1.165, 1.54) is 0 Å². The van der Waals surface area contributed by atoms with Crippen molar-refractivity contribution in [3.8, 4) is 0 Å². The Labute approximate surface area is 112 Å². The molecule has 1 saturated heterocycles. The maximum Gasteiger partial charge on any atom is 0.304 e. The molecule has 2 N–H and O–H groups in total. The predicted molar refractivity (Wildman–Crippen MR) is 72.3 cm³/mol. The molecule has 1 aromatic carbocycles. The average molecular weight is 269 g/mol. The highest BCUT2D eigenvalue weighted by Crippen LogP contribution is 2.23. The Kier molecular flexibility index (Phi) is 4.44. The number of benzene rings is 1. The summed E-state index contributed by atoms with van der Waals surface area (Å²) in [6.45, 7) is 2.41. The number of aliphatic carboxylic acids is 1. The van der Waals surface area contributed by atoms with Crippen molar-refractivity contribution in [3.63, 3.8) is 0 Å². The maximum absolute atomic E-state index is 10.4. The second-order valence-corrected chi connectivity index (χ2v) is 4.95. The van der Waals surface area contributed by atoms with Crippen LogP contribution in [0.2, 0.25) is 5.02 Å². The number of halogens is 1. The van der Waals surface area contributed by atoms with Gasteiger partial charge in [-0.05, 0) is 24.6 Å². The van der Waals surface area contributed by atoms with Crippen molar-refractivity contribution >= 4 is 23.3 Å². The maximum atomic E-state index is 10.4. The van der Waals surface area contributed by atoms with Crippen LogP contribution in [0.3, 0.4) is 0 Å². The van der Waals surface area contributed by atoms with E-state index >= 15 is 0 Å². The molecule has 0 aliphatic carbocycles. The van der Waals surface area contributed by atoms with Gasteiger partial charge in [0.2, 0.25) is 0 Å². The molecule has 18 heavy (non-hydrogen) atoms. The van der Waals surface area contributed by atoms with E-state index in [-0.39, 0.29) is 6.42 Å². The summed E-state index contributed by atoms with van der Waals surface area (Å²) in [5, 5.41) is 12.6. The highest BCUT2D eigenvalue weighted by Gasteiger charge is 2.22. The fraction of sp³-hybridized carbons (Fsp3) is 0.462. The van der Waals surface area contributed by atoms with Gasteiger partial charge in [-0.3, -0.25) is 4.79 Å². The summed E-state index contributed by atoms with van der Waals surface area (Å²) in [7, 11) is 0. The summed E-state index contributed by atoms with van der Waals surface area (Å²) in [5.74, 6) is -0.757. The first-order valence-electron chi connectivity index (χ1n) is 6.11. The molecule has 1 unspecified atom stereocenters. The second-order valence-electron chi connectivity index (χ2n) is 4.51. The molecule has 98 valence electrons. The monoisotopic (exact) mass is 268 g/mol. The molecule has 0 aromatic heterocycles. The lowest BCUT2D eigenvalue weighted by atomic mass is 10.2. The lowest BCUT2D eigenvalue weighted by Gasteiger charge is -2.19. The molecular weight excluding hydrogens is 252 g/mol. The van der Waals surface area contributed by atoms with Crippen LogP contribution in [0.15, 0.2) is 24.3 Å². The van der Waals surface area contributed by atoms with Gasteiger partial charge >= 0.3 is 5.97 Å². The smallest absolute Gasteiger partial charge is 0.304 e. The Bertz CT molecular complexity index is 425. The molecule has 1 aromatic rings. The Morgan fingerprint density at radius 1 is 1.56 bits per heavy atom. The van der Waals surface area contributed by atoms with Gasteiger partial charge in [-0.1, -0.05) is 17.7 Å². The minimum absolute atomic E-state index is 0.174. The van der Waals surface area contributed by atoms with Crippen LogP contribution in [-0.4, -0.2) is 36.8 Å². The number of hydrogen-bond donors (Lipinski definition) is 2. The van der Waals surface area contributed by atoms with E-state index in [1.54, 1.807) is 0 Å². The van der Waals surface area contributed by atoms with E-state index in [4.69, 9.17) is 16.7 Å². The first kappa shape index (κ1) is 13.2. The Hall–Kier alpha value is -1.26. The minimum atomic E-state index is -0.757. The standard InChI is InChI=1S/C13H17ClN2O2/c14-10-2-1-3-12(8-10)16-7-5-11(9-16)15-6-4-13(17)18/h1-3,8,11,15H,4-7,9H2,(H,17,18). The number of carboxylic acids is 1. The van der Waals surface area contributed by atoms with Gasteiger partial charge in [0.25, 0.3) is 0 Å². The van der Waals surface area contributed by atoms with Gasteiger partial charge in [0.1, 0.15) is 0 Å². The number of nitrogens with zero attached hydrogens (tertiary/aromatic N) is 1. The lowest BCUT2D eigenvalue weighted by Crippen LogP contribution is -2.33. The zero-order valence-electron chi connectivity index (χ0n) is 10.1. The third kappa shape index (κ3) is 3.62. The third-order valence-electron chi connectivity index (χ3n) is 3.13. The quantitative estimate of drug-likeness (QED) is 0.858. The highest BCUT2D eigenvalue weighted by molar-refractivity contribution is 6.30. The zero-order chi connectivity index (χ0) is 13.0. The fourth-order valence-electron chi connectivity index (χ4n) is 2.22. The van der Waals surface area contributed by atoms with Crippen LogP contribution in [0.1, 0.15) is 12.8 Å². The van der Waals surface area contributed by atoms with Crippen molar-refractivity contribution in [3.05, 3.63) is 29.3 Å². The molecule has 1 atom stereocenters. The Morgan fingerprint density at radius 3 is 3.11 bits per heavy atom. The van der Waals surface area contributed by atoms with Crippen molar-refractivity contribution in [2.45, 2.75) is 18.9 Å². The SMILES string of the molecule is O=C(O)CCNC1CCN(c2cccc(Cl)c2)C1. The van der Waals surface area contributed by atoms with Crippen LogP contribution in [-0.2, 0) is 4.79 Å². The minimum Gasteiger partial charge on any atom is -0.481 e. The van der Waals surface area contributed by atoms with E-state index in [1.807, 2.05) is 24.3 Å². The van der Waals surface area contributed by atoms with Crippen molar-refractivity contribution in [2.75, 3.05) is 24.5 Å². The van der Waals surface area contributed by atoms with Gasteiger partial charge < -0.3 is 15.3 Å². The third-order valence-corrected chi connectivity index (χ3v) is 3.37. The second kappa shape index (κ2) is 6.07. The van der Waals surface area contributed by atoms with Crippen LogP contribution in [0.4, 0.5) is 5.69 Å². The number of nitrogens with one attached hydrogen (secondary N) is 1. The molecule has 2 rings (SSSR count). The topological polar surface area (TPSA) is 52.6 Å². The van der Waals surface area contributed by atoms with Crippen LogP contribution in [0.25, 0.3) is 0 Å². The summed E-state index contributed by atoms with van der Waals surface area (Å²) < 4.78 is 0. The summed E-state index contributed by atoms with van der Waals surface area (Å²) in [6.07, 6.45) is 1.21. The first-order valence-corrected chi connectivity index (χ1v) is 6.48. The number of rotatable bonds is 5. The van der Waals surface area contributed by atoms with E-state index in [9.17, 15) is 4.79 Å². The Morgan fingerprint density at radius 2 is 2.39 bits per heavy atom. The molecule has 0 bridgehead atoms. The molecule has 1 fully saturated rings. The van der Waals surface area contributed by atoms with Gasteiger partial charge in [-0.2, -0.15) is 0 Å².